The van der Waals surface area contributed by atoms with Crippen molar-refractivity contribution in [3.8, 4) is 12.3 Å². The lowest BCUT2D eigenvalue weighted by molar-refractivity contribution is -0.117. The summed E-state index contributed by atoms with van der Waals surface area (Å²) >= 11 is 0. The van der Waals surface area contributed by atoms with Crippen molar-refractivity contribution in [3.63, 3.8) is 0 Å². The van der Waals surface area contributed by atoms with Crippen LogP contribution in [0.25, 0.3) is 0 Å². The second kappa shape index (κ2) is 6.70. The summed E-state index contributed by atoms with van der Waals surface area (Å²) in [6.45, 7) is 11.4. The lowest BCUT2D eigenvalue weighted by Gasteiger charge is -2.38. The van der Waals surface area contributed by atoms with Crippen LogP contribution in [0.3, 0.4) is 0 Å². The van der Waals surface area contributed by atoms with E-state index in [1.807, 2.05) is 0 Å². The fourth-order valence-corrected chi connectivity index (χ4v) is 3.62. The van der Waals surface area contributed by atoms with Crippen molar-refractivity contribution in [2.45, 2.75) is 57.8 Å². The Morgan fingerprint density at radius 3 is 2.67 bits per heavy atom. The van der Waals surface area contributed by atoms with Crippen LogP contribution >= 0.6 is 0 Å². The van der Waals surface area contributed by atoms with Crippen molar-refractivity contribution in [2.75, 3.05) is 11.5 Å². The van der Waals surface area contributed by atoms with Gasteiger partial charge >= 0.3 is 0 Å². The summed E-state index contributed by atoms with van der Waals surface area (Å²) < 4.78 is 20.0. The SMILES string of the molecule is C#Cc1ccc(F)cc1N1C(=O)CC[C@H]1CO[Si](C)(C)C(C)(C)C. The van der Waals surface area contributed by atoms with Gasteiger partial charge in [0.2, 0.25) is 5.91 Å². The maximum absolute atomic E-state index is 13.7. The summed E-state index contributed by atoms with van der Waals surface area (Å²) in [5.41, 5.74) is 1.01. The van der Waals surface area contributed by atoms with Gasteiger partial charge in [0.15, 0.2) is 8.32 Å². The van der Waals surface area contributed by atoms with E-state index in [1.165, 1.54) is 12.1 Å². The Morgan fingerprint density at radius 1 is 1.42 bits per heavy atom. The molecule has 5 heteroatoms. The lowest BCUT2D eigenvalue weighted by atomic mass is 10.1. The number of benzene rings is 1. The van der Waals surface area contributed by atoms with Crippen LogP contribution in [0, 0.1) is 18.2 Å². The molecule has 1 fully saturated rings. The number of amides is 1. The maximum atomic E-state index is 13.7. The van der Waals surface area contributed by atoms with Crippen LogP contribution in [0.15, 0.2) is 18.2 Å². The third-order valence-corrected chi connectivity index (χ3v) is 9.64. The second-order valence-electron chi connectivity index (χ2n) is 7.83. The first kappa shape index (κ1) is 18.7. The molecule has 2 rings (SSSR count). The molecule has 1 aliphatic heterocycles. The van der Waals surface area contributed by atoms with Gasteiger partial charge in [-0.2, -0.15) is 0 Å². The van der Waals surface area contributed by atoms with Crippen LogP contribution in [0.1, 0.15) is 39.2 Å². The Bertz CT molecular complexity index is 673. The summed E-state index contributed by atoms with van der Waals surface area (Å²) in [5.74, 6) is 2.12. The van der Waals surface area contributed by atoms with E-state index >= 15 is 0 Å². The Kier molecular flexibility index (Phi) is 5.21. The molecule has 1 heterocycles. The number of hydrogen-bond donors (Lipinski definition) is 0. The van der Waals surface area contributed by atoms with Gasteiger partial charge in [0.25, 0.3) is 0 Å². The number of terminal acetylenes is 1. The van der Waals surface area contributed by atoms with Crippen LogP contribution in [0.2, 0.25) is 18.1 Å². The van der Waals surface area contributed by atoms with E-state index in [4.69, 9.17) is 10.8 Å². The molecule has 0 aromatic heterocycles. The normalized spacial score (nSPS) is 18.8. The van der Waals surface area contributed by atoms with Crippen molar-refractivity contribution in [1.29, 1.82) is 0 Å². The van der Waals surface area contributed by atoms with Gasteiger partial charge < -0.3 is 9.33 Å². The Balaban J connectivity index is 2.25. The fraction of sp³-hybridized carbons (Fsp3) is 0.526. The van der Waals surface area contributed by atoms with Gasteiger partial charge in [-0.3, -0.25) is 4.79 Å². The van der Waals surface area contributed by atoms with Crippen LogP contribution in [-0.2, 0) is 9.22 Å². The third-order valence-electron chi connectivity index (χ3n) is 5.14. The molecular weight excluding hydrogens is 321 g/mol. The van der Waals surface area contributed by atoms with Gasteiger partial charge in [0.05, 0.1) is 18.3 Å². The number of hydrogen-bond acceptors (Lipinski definition) is 2. The van der Waals surface area contributed by atoms with E-state index in [0.717, 1.165) is 0 Å². The molecule has 0 radical (unpaired) electrons. The Labute approximate surface area is 145 Å². The molecule has 0 aliphatic carbocycles. The van der Waals surface area contributed by atoms with Crippen molar-refractivity contribution in [1.82, 2.24) is 0 Å². The molecule has 1 saturated heterocycles. The fourth-order valence-electron chi connectivity index (χ4n) is 2.58. The molecule has 3 nitrogen and oxygen atoms in total. The minimum atomic E-state index is -1.91. The predicted octanol–water partition coefficient (Wildman–Crippen LogP) is 4.32. The third kappa shape index (κ3) is 3.71. The minimum Gasteiger partial charge on any atom is -0.415 e. The van der Waals surface area contributed by atoms with Gasteiger partial charge in [0.1, 0.15) is 5.82 Å². The lowest BCUT2D eigenvalue weighted by Crippen LogP contribution is -2.45. The molecule has 0 unspecified atom stereocenters. The average Bonchev–Trinajstić information content (AvgIpc) is 2.85. The number of halogens is 1. The molecule has 24 heavy (non-hydrogen) atoms. The highest BCUT2D eigenvalue weighted by Gasteiger charge is 2.40. The highest BCUT2D eigenvalue weighted by molar-refractivity contribution is 6.74. The van der Waals surface area contributed by atoms with Crippen LogP contribution in [0.5, 0.6) is 0 Å². The predicted molar refractivity (Wildman–Crippen MR) is 98.0 cm³/mol. The van der Waals surface area contributed by atoms with Gasteiger partial charge in [-0.25, -0.2) is 4.39 Å². The number of carbonyl (C=O) groups excluding carboxylic acids is 1. The summed E-state index contributed by atoms with van der Waals surface area (Å²) in [4.78, 5) is 14.0. The van der Waals surface area contributed by atoms with E-state index in [2.05, 4.69) is 39.8 Å². The average molecular weight is 348 g/mol. The van der Waals surface area contributed by atoms with E-state index < -0.39 is 14.1 Å². The Morgan fingerprint density at radius 2 is 2.08 bits per heavy atom. The second-order valence-corrected chi connectivity index (χ2v) is 12.6. The highest BCUT2D eigenvalue weighted by atomic mass is 28.4. The van der Waals surface area contributed by atoms with E-state index in [1.54, 1.807) is 11.0 Å². The first-order chi connectivity index (χ1) is 11.1. The van der Waals surface area contributed by atoms with Crippen LogP contribution in [-0.4, -0.2) is 26.9 Å². The van der Waals surface area contributed by atoms with Crippen LogP contribution < -0.4 is 4.90 Å². The standard InChI is InChI=1S/C19H26FNO2Si/c1-7-14-8-9-15(20)12-17(14)21-16(10-11-18(21)22)13-23-24(5,6)19(2,3)4/h1,8-9,12,16H,10-11,13H2,2-6H3/t16-/m0/s1. The van der Waals surface area contributed by atoms with Gasteiger partial charge in [-0.15, -0.1) is 6.42 Å². The summed E-state index contributed by atoms with van der Waals surface area (Å²) in [7, 11) is -1.91. The molecule has 130 valence electrons. The zero-order valence-corrected chi connectivity index (χ0v) is 16.1. The highest BCUT2D eigenvalue weighted by Crippen LogP contribution is 2.38. The van der Waals surface area contributed by atoms with Gasteiger partial charge in [-0.1, -0.05) is 26.7 Å². The van der Waals surface area contributed by atoms with Crippen molar-refractivity contribution >= 4 is 19.9 Å². The van der Waals surface area contributed by atoms with Gasteiger partial charge in [0, 0.05) is 12.0 Å². The van der Waals surface area contributed by atoms with Crippen LogP contribution in [0.4, 0.5) is 10.1 Å². The number of rotatable bonds is 4. The maximum Gasteiger partial charge on any atom is 0.227 e. The molecule has 0 saturated carbocycles. The molecule has 1 aromatic carbocycles. The largest absolute Gasteiger partial charge is 0.415 e. The quantitative estimate of drug-likeness (QED) is 0.599. The summed E-state index contributed by atoms with van der Waals surface area (Å²) in [6.07, 6.45) is 6.66. The van der Waals surface area contributed by atoms with E-state index in [9.17, 15) is 9.18 Å². The molecule has 1 amide bonds. The van der Waals surface area contributed by atoms with Gasteiger partial charge in [-0.05, 0) is 42.8 Å². The molecule has 1 aromatic rings. The molecule has 0 N–H and O–H groups in total. The zero-order chi connectivity index (χ0) is 18.1. The van der Waals surface area contributed by atoms with E-state index in [-0.39, 0.29) is 17.0 Å². The number of anilines is 1. The molecule has 1 aliphatic rings. The molecule has 0 spiro atoms. The smallest absolute Gasteiger partial charge is 0.227 e. The summed E-state index contributed by atoms with van der Waals surface area (Å²) in [5, 5.41) is 0.100. The zero-order valence-electron chi connectivity index (χ0n) is 15.1. The first-order valence-corrected chi connectivity index (χ1v) is 11.2. The summed E-state index contributed by atoms with van der Waals surface area (Å²) in [6, 6.07) is 4.11. The Hall–Kier alpha value is -1.64. The first-order valence-electron chi connectivity index (χ1n) is 8.29. The van der Waals surface area contributed by atoms with Crippen molar-refractivity contribution < 1.29 is 13.6 Å². The topological polar surface area (TPSA) is 29.5 Å². The molecule has 1 atom stereocenters. The monoisotopic (exact) mass is 347 g/mol. The molecule has 0 bridgehead atoms. The number of nitrogens with zero attached hydrogens (tertiary/aromatic N) is 1. The number of carbonyl (C=O) groups is 1. The van der Waals surface area contributed by atoms with Crippen molar-refractivity contribution in [2.24, 2.45) is 0 Å². The minimum absolute atomic E-state index is 0.0269. The van der Waals surface area contributed by atoms with E-state index in [0.29, 0.717) is 30.7 Å². The van der Waals surface area contributed by atoms with Crippen molar-refractivity contribution in [3.05, 3.63) is 29.6 Å². The molecular formula is C19H26FNO2Si.